The van der Waals surface area contributed by atoms with Crippen molar-refractivity contribution in [3.63, 3.8) is 0 Å². The van der Waals surface area contributed by atoms with Crippen molar-refractivity contribution in [1.82, 2.24) is 0 Å². The minimum Gasteiger partial charge on any atom is -0.394 e. The van der Waals surface area contributed by atoms with Crippen molar-refractivity contribution in [2.24, 2.45) is 11.8 Å². The standard InChI is InChI=1S/C32H60O10/c1-9-13-15-30(7)21-20(18-34)40-28(26(38)24(21)36)32(11-3,12-4)42-31(8,16-14-10-2)22-19(17-33)39-27(25(37)23(22)35)29(5,6)41-30/h19-28,33-38H,9-18H2,1-8H3. The van der Waals surface area contributed by atoms with Gasteiger partial charge in [-0.3, -0.25) is 0 Å². The molecule has 6 heterocycles. The lowest BCUT2D eigenvalue weighted by Gasteiger charge is -2.60. The average molecular weight is 605 g/mol. The van der Waals surface area contributed by atoms with Crippen LogP contribution in [0.25, 0.3) is 0 Å². The van der Waals surface area contributed by atoms with Gasteiger partial charge in [0.25, 0.3) is 0 Å². The van der Waals surface area contributed by atoms with Gasteiger partial charge < -0.3 is 49.6 Å². The number of ether oxygens (including phenoxy) is 4. The molecule has 0 aromatic carbocycles. The highest BCUT2D eigenvalue weighted by Gasteiger charge is 2.63. The first-order valence-electron chi connectivity index (χ1n) is 16.3. The zero-order valence-corrected chi connectivity index (χ0v) is 27.2. The summed E-state index contributed by atoms with van der Waals surface area (Å²) in [5.74, 6) is -1.65. The number of unbranched alkanes of at least 4 members (excludes halogenated alkanes) is 2. The highest BCUT2D eigenvalue weighted by atomic mass is 16.6. The Morgan fingerprint density at radius 3 is 1.38 bits per heavy atom. The van der Waals surface area contributed by atoms with E-state index in [1.54, 1.807) is 13.8 Å². The second-order valence-electron chi connectivity index (χ2n) is 14.0. The molecule has 12 unspecified atom stereocenters. The number of aliphatic hydroxyl groups is 6. The normalized spacial score (nSPS) is 45.6. The molecule has 0 aliphatic carbocycles. The third-order valence-corrected chi connectivity index (χ3v) is 10.7. The monoisotopic (exact) mass is 604 g/mol. The number of hydrogen-bond acceptors (Lipinski definition) is 10. The van der Waals surface area contributed by atoms with Gasteiger partial charge in [-0.25, -0.2) is 0 Å². The van der Waals surface area contributed by atoms with Crippen LogP contribution >= 0.6 is 0 Å². The third kappa shape index (κ3) is 6.46. The summed E-state index contributed by atoms with van der Waals surface area (Å²) in [7, 11) is 0. The molecule has 0 radical (unpaired) electrons. The molecular weight excluding hydrogens is 544 g/mol. The van der Waals surface area contributed by atoms with Crippen molar-refractivity contribution in [3.05, 3.63) is 0 Å². The van der Waals surface area contributed by atoms with E-state index in [4.69, 9.17) is 18.9 Å². The van der Waals surface area contributed by atoms with Gasteiger partial charge in [0.05, 0.1) is 60.0 Å². The lowest BCUT2D eigenvalue weighted by atomic mass is 9.68. The molecule has 6 aliphatic rings. The van der Waals surface area contributed by atoms with Gasteiger partial charge in [0.15, 0.2) is 0 Å². The molecule has 10 nitrogen and oxygen atoms in total. The van der Waals surface area contributed by atoms with E-state index >= 15 is 0 Å². The number of rotatable bonds is 10. The highest BCUT2D eigenvalue weighted by molar-refractivity contribution is 5.11. The van der Waals surface area contributed by atoms with Gasteiger partial charge in [-0.05, 0) is 53.4 Å². The number of hydrogen-bond donors (Lipinski definition) is 6. The van der Waals surface area contributed by atoms with Gasteiger partial charge in [-0.15, -0.1) is 0 Å². The van der Waals surface area contributed by atoms with E-state index in [0.717, 1.165) is 25.7 Å². The molecule has 4 bridgehead atoms. The fourth-order valence-electron chi connectivity index (χ4n) is 8.37. The second-order valence-corrected chi connectivity index (χ2v) is 14.0. The van der Waals surface area contributed by atoms with Crippen LogP contribution in [-0.4, -0.2) is 115 Å². The van der Waals surface area contributed by atoms with Gasteiger partial charge >= 0.3 is 0 Å². The van der Waals surface area contributed by atoms with Crippen molar-refractivity contribution in [3.8, 4) is 0 Å². The molecule has 0 spiro atoms. The largest absolute Gasteiger partial charge is 0.394 e. The maximum atomic E-state index is 11.9. The SMILES string of the molecule is CCCCC1(C)OC(CC)(CC)C2OC(CO)C(C(O)C2O)C(C)(CCCC)OC(C)(C)C2OC(CO)C1C(O)C2O. The van der Waals surface area contributed by atoms with E-state index in [2.05, 4.69) is 0 Å². The van der Waals surface area contributed by atoms with Crippen molar-refractivity contribution >= 4 is 0 Å². The van der Waals surface area contributed by atoms with Crippen molar-refractivity contribution < 1.29 is 49.6 Å². The topological polar surface area (TPSA) is 158 Å². The Labute approximate surface area is 252 Å². The summed E-state index contributed by atoms with van der Waals surface area (Å²) < 4.78 is 27.0. The second kappa shape index (κ2) is 13.9. The molecule has 248 valence electrons. The lowest BCUT2D eigenvalue weighted by molar-refractivity contribution is -0.357. The Bertz CT molecular complexity index is 847. The Balaban J connectivity index is 2.32. The van der Waals surface area contributed by atoms with Crippen LogP contribution in [0.1, 0.15) is 107 Å². The van der Waals surface area contributed by atoms with Crippen LogP contribution in [-0.2, 0) is 18.9 Å². The minimum atomic E-state index is -1.36. The van der Waals surface area contributed by atoms with Crippen LogP contribution in [0, 0.1) is 11.8 Å². The molecule has 6 saturated heterocycles. The predicted molar refractivity (Wildman–Crippen MR) is 158 cm³/mol. The Morgan fingerprint density at radius 2 is 0.976 bits per heavy atom. The molecule has 6 aliphatic heterocycles. The third-order valence-electron chi connectivity index (χ3n) is 10.7. The summed E-state index contributed by atoms with van der Waals surface area (Å²) in [5.41, 5.74) is -4.60. The summed E-state index contributed by atoms with van der Waals surface area (Å²) in [6.07, 6.45) is -4.16. The van der Waals surface area contributed by atoms with Crippen molar-refractivity contribution in [1.29, 1.82) is 0 Å². The molecule has 0 amide bonds. The van der Waals surface area contributed by atoms with Crippen molar-refractivity contribution in [2.75, 3.05) is 13.2 Å². The van der Waals surface area contributed by atoms with Gasteiger partial charge in [0, 0.05) is 11.8 Å². The van der Waals surface area contributed by atoms with Crippen LogP contribution in [0.5, 0.6) is 0 Å². The first kappa shape index (κ1) is 36.1. The molecular formula is C32H60O10. The highest BCUT2D eigenvalue weighted by Crippen LogP contribution is 2.51. The molecule has 0 aromatic rings. The van der Waals surface area contributed by atoms with E-state index in [-0.39, 0.29) is 0 Å². The van der Waals surface area contributed by atoms with E-state index in [1.807, 2.05) is 41.5 Å². The zero-order chi connectivity index (χ0) is 31.7. The quantitative estimate of drug-likeness (QED) is 0.219. The summed E-state index contributed by atoms with van der Waals surface area (Å²) in [6.45, 7) is 14.4. The van der Waals surface area contributed by atoms with Crippen LogP contribution in [0.15, 0.2) is 0 Å². The Kier molecular flexibility index (Phi) is 12.0. The first-order valence-corrected chi connectivity index (χ1v) is 16.3. The molecule has 6 N–H and O–H groups in total. The molecule has 42 heavy (non-hydrogen) atoms. The van der Waals surface area contributed by atoms with Gasteiger partial charge in [0.1, 0.15) is 24.4 Å². The molecule has 6 fully saturated rings. The maximum absolute atomic E-state index is 11.9. The molecule has 12 atom stereocenters. The lowest BCUT2D eigenvalue weighted by Crippen LogP contribution is -2.73. The van der Waals surface area contributed by atoms with Crippen LogP contribution in [0.3, 0.4) is 0 Å². The molecule has 6 rings (SSSR count). The van der Waals surface area contributed by atoms with Gasteiger partial charge in [-0.2, -0.15) is 0 Å². The Morgan fingerprint density at radius 1 is 0.571 bits per heavy atom. The molecule has 0 aromatic heterocycles. The minimum absolute atomic E-state index is 0.399. The van der Waals surface area contributed by atoms with Crippen LogP contribution < -0.4 is 0 Å². The molecule has 10 heteroatoms. The van der Waals surface area contributed by atoms with Gasteiger partial charge in [-0.1, -0.05) is 53.4 Å². The summed E-state index contributed by atoms with van der Waals surface area (Å²) in [4.78, 5) is 0. The van der Waals surface area contributed by atoms with E-state index in [9.17, 15) is 30.6 Å². The van der Waals surface area contributed by atoms with Crippen LogP contribution in [0.2, 0.25) is 0 Å². The smallest absolute Gasteiger partial charge is 0.115 e. The fourth-order valence-corrected chi connectivity index (χ4v) is 8.37. The summed E-state index contributed by atoms with van der Waals surface area (Å²) in [6, 6.07) is 0. The summed E-state index contributed by atoms with van der Waals surface area (Å²) in [5, 5.41) is 68.4. The zero-order valence-electron chi connectivity index (χ0n) is 27.2. The average Bonchev–Trinajstić information content (AvgIpc) is 2.95. The fraction of sp³-hybridized carbons (Fsp3) is 1.00. The van der Waals surface area contributed by atoms with Crippen molar-refractivity contribution in [2.45, 2.75) is 178 Å². The number of aliphatic hydroxyl groups excluding tert-OH is 6. The van der Waals surface area contributed by atoms with E-state index in [0.29, 0.717) is 25.7 Å². The Hall–Kier alpha value is -0.400. The summed E-state index contributed by atoms with van der Waals surface area (Å²) >= 11 is 0. The maximum Gasteiger partial charge on any atom is 0.115 e. The first-order chi connectivity index (χ1) is 19.7. The predicted octanol–water partition coefficient (Wildman–Crippen LogP) is 2.46. The van der Waals surface area contributed by atoms with Gasteiger partial charge in [0.2, 0.25) is 0 Å². The molecule has 0 saturated carbocycles. The van der Waals surface area contributed by atoms with E-state index < -0.39 is 96.3 Å². The van der Waals surface area contributed by atoms with Crippen LogP contribution in [0.4, 0.5) is 0 Å². The van der Waals surface area contributed by atoms with E-state index in [1.165, 1.54) is 0 Å².